The molecule has 6 nitrogen and oxygen atoms in total. The van der Waals surface area contributed by atoms with Gasteiger partial charge in [0.25, 0.3) is 5.91 Å². The van der Waals surface area contributed by atoms with E-state index in [0.29, 0.717) is 29.5 Å². The number of hydrogen-bond acceptors (Lipinski definition) is 4. The van der Waals surface area contributed by atoms with Gasteiger partial charge in [-0.15, -0.1) is 0 Å². The Morgan fingerprint density at radius 2 is 2.00 bits per heavy atom. The molecule has 0 bridgehead atoms. The number of halogens is 2. The highest BCUT2D eigenvalue weighted by Gasteiger charge is 2.27. The molecule has 1 aliphatic heterocycles. The van der Waals surface area contributed by atoms with Crippen LogP contribution in [0.3, 0.4) is 0 Å². The lowest BCUT2D eigenvalue weighted by Crippen LogP contribution is -2.50. The molecule has 0 unspecified atom stereocenters. The highest BCUT2D eigenvalue weighted by Crippen LogP contribution is 2.23. The van der Waals surface area contributed by atoms with Gasteiger partial charge in [-0.3, -0.25) is 9.59 Å². The third kappa shape index (κ3) is 6.67. The zero-order valence-corrected chi connectivity index (χ0v) is 18.1. The van der Waals surface area contributed by atoms with Crippen LogP contribution in [0.25, 0.3) is 0 Å². The van der Waals surface area contributed by atoms with Gasteiger partial charge in [0.05, 0.1) is 11.1 Å². The summed E-state index contributed by atoms with van der Waals surface area (Å²) in [6.45, 7) is 2.61. The number of para-hydroxylation sites is 1. The normalized spacial score (nSPS) is 16.5. The van der Waals surface area contributed by atoms with Gasteiger partial charge in [0, 0.05) is 19.7 Å². The van der Waals surface area contributed by atoms with Crippen LogP contribution in [0.15, 0.2) is 48.5 Å². The molecule has 1 saturated heterocycles. The highest BCUT2D eigenvalue weighted by molar-refractivity contribution is 6.32. The smallest absolute Gasteiger partial charge is 0.261 e. The lowest BCUT2D eigenvalue weighted by molar-refractivity contribution is -0.142. The Morgan fingerprint density at radius 1 is 1.26 bits per heavy atom. The van der Waals surface area contributed by atoms with Crippen LogP contribution in [-0.4, -0.2) is 48.6 Å². The van der Waals surface area contributed by atoms with Crippen LogP contribution in [-0.2, 0) is 20.9 Å². The fraction of sp³-hybridized carbons (Fsp3) is 0.391. The van der Waals surface area contributed by atoms with Crippen molar-refractivity contribution < 1.29 is 23.5 Å². The second-order valence-corrected chi connectivity index (χ2v) is 7.83. The Bertz CT molecular complexity index is 887. The van der Waals surface area contributed by atoms with Crippen molar-refractivity contribution in [1.29, 1.82) is 0 Å². The fourth-order valence-corrected chi connectivity index (χ4v) is 3.51. The molecule has 0 aliphatic carbocycles. The highest BCUT2D eigenvalue weighted by atomic mass is 35.5. The molecule has 2 aromatic rings. The summed E-state index contributed by atoms with van der Waals surface area (Å²) in [6, 6.07) is 11.9. The van der Waals surface area contributed by atoms with Crippen molar-refractivity contribution in [3.05, 3.63) is 64.9 Å². The lowest BCUT2D eigenvalue weighted by Gasteiger charge is -2.29. The molecule has 2 atom stereocenters. The summed E-state index contributed by atoms with van der Waals surface area (Å²) in [4.78, 5) is 27.1. The van der Waals surface area contributed by atoms with Crippen LogP contribution in [0.2, 0.25) is 5.02 Å². The molecule has 2 aromatic carbocycles. The van der Waals surface area contributed by atoms with Crippen molar-refractivity contribution in [2.45, 2.75) is 38.5 Å². The summed E-state index contributed by atoms with van der Waals surface area (Å²) in [7, 11) is 0. The van der Waals surface area contributed by atoms with E-state index in [9.17, 15) is 14.0 Å². The number of carbonyl (C=O) groups excluding carboxylic acids is 2. The Balaban J connectivity index is 1.67. The first-order chi connectivity index (χ1) is 14.9. The van der Waals surface area contributed by atoms with Gasteiger partial charge in [-0.2, -0.15) is 0 Å². The Hall–Kier alpha value is -2.64. The summed E-state index contributed by atoms with van der Waals surface area (Å²) in [5.74, 6) is -0.659. The molecule has 1 fully saturated rings. The van der Waals surface area contributed by atoms with Gasteiger partial charge in [0.2, 0.25) is 5.91 Å². The average Bonchev–Trinajstić information content (AvgIpc) is 3.29. The van der Waals surface area contributed by atoms with Crippen molar-refractivity contribution in [2.75, 3.05) is 19.8 Å². The van der Waals surface area contributed by atoms with Crippen molar-refractivity contribution >= 4 is 23.4 Å². The van der Waals surface area contributed by atoms with Crippen LogP contribution in [0.4, 0.5) is 4.39 Å². The summed E-state index contributed by atoms with van der Waals surface area (Å²) in [5, 5.41) is 3.25. The summed E-state index contributed by atoms with van der Waals surface area (Å²) >= 11 is 6.09. The monoisotopic (exact) mass is 448 g/mol. The minimum absolute atomic E-state index is 0.000885. The van der Waals surface area contributed by atoms with Gasteiger partial charge in [0.1, 0.15) is 17.6 Å². The molecule has 31 heavy (non-hydrogen) atoms. The van der Waals surface area contributed by atoms with Gasteiger partial charge in [-0.05, 0) is 49.6 Å². The van der Waals surface area contributed by atoms with Crippen LogP contribution in [0, 0.1) is 5.82 Å². The molecular weight excluding hydrogens is 423 g/mol. The zero-order chi connectivity index (χ0) is 22.2. The fourth-order valence-electron chi connectivity index (χ4n) is 3.32. The van der Waals surface area contributed by atoms with Crippen molar-refractivity contribution in [2.24, 2.45) is 0 Å². The second-order valence-electron chi connectivity index (χ2n) is 7.42. The first-order valence-electron chi connectivity index (χ1n) is 10.2. The minimum Gasteiger partial charge on any atom is -0.482 e. The second kappa shape index (κ2) is 11.1. The third-order valence-corrected chi connectivity index (χ3v) is 5.46. The zero-order valence-electron chi connectivity index (χ0n) is 17.4. The molecule has 166 valence electrons. The van der Waals surface area contributed by atoms with E-state index in [1.165, 1.54) is 17.0 Å². The van der Waals surface area contributed by atoms with Crippen LogP contribution in [0.1, 0.15) is 25.3 Å². The van der Waals surface area contributed by atoms with Crippen molar-refractivity contribution in [1.82, 2.24) is 10.2 Å². The molecule has 0 aromatic heterocycles. The third-order valence-electron chi connectivity index (χ3n) is 5.15. The van der Waals surface area contributed by atoms with E-state index in [1.54, 1.807) is 43.3 Å². The molecule has 0 saturated carbocycles. The standard InChI is InChI=1S/C23H26ClFN2O4/c1-16(23(29)26-13-19-5-4-12-30-19)27(14-17-8-10-18(25)11-9-17)22(28)15-31-21-7-3-2-6-20(21)24/h2-3,6-11,16,19H,4-5,12-15H2,1H3,(H,26,29)/t16-,19-/m1/s1. The molecular formula is C23H26ClFN2O4. The molecule has 8 heteroatoms. The number of nitrogens with zero attached hydrogens (tertiary/aromatic N) is 1. The van der Waals surface area contributed by atoms with E-state index >= 15 is 0 Å². The maximum absolute atomic E-state index is 13.3. The number of rotatable bonds is 9. The number of amides is 2. The first kappa shape index (κ1) is 23.0. The van der Waals surface area contributed by atoms with Gasteiger partial charge in [-0.1, -0.05) is 35.9 Å². The predicted octanol–water partition coefficient (Wildman–Crippen LogP) is 3.57. The summed E-state index contributed by atoms with van der Waals surface area (Å²) < 4.78 is 24.4. The lowest BCUT2D eigenvalue weighted by atomic mass is 10.1. The Labute approximate surface area is 186 Å². The van der Waals surface area contributed by atoms with Crippen LogP contribution in [0.5, 0.6) is 5.75 Å². The average molecular weight is 449 g/mol. The molecule has 3 rings (SSSR count). The van der Waals surface area contributed by atoms with Crippen LogP contribution >= 0.6 is 11.6 Å². The van der Waals surface area contributed by atoms with E-state index in [1.807, 2.05) is 0 Å². The molecule has 2 amide bonds. The van der Waals surface area contributed by atoms with E-state index < -0.39 is 6.04 Å². The SMILES string of the molecule is C[C@H](C(=O)NC[C@H]1CCCO1)N(Cc1ccc(F)cc1)C(=O)COc1ccccc1Cl. The number of hydrogen-bond donors (Lipinski definition) is 1. The number of nitrogens with one attached hydrogen (secondary N) is 1. The minimum atomic E-state index is -0.756. The maximum atomic E-state index is 13.3. The number of ether oxygens (including phenoxy) is 2. The van der Waals surface area contributed by atoms with Crippen molar-refractivity contribution in [3.8, 4) is 5.75 Å². The van der Waals surface area contributed by atoms with Crippen molar-refractivity contribution in [3.63, 3.8) is 0 Å². The van der Waals surface area contributed by atoms with E-state index in [2.05, 4.69) is 5.32 Å². The maximum Gasteiger partial charge on any atom is 0.261 e. The predicted molar refractivity (Wildman–Crippen MR) is 115 cm³/mol. The topological polar surface area (TPSA) is 67.9 Å². The molecule has 1 N–H and O–H groups in total. The molecule has 0 spiro atoms. The summed E-state index contributed by atoms with van der Waals surface area (Å²) in [6.07, 6.45) is 1.88. The van der Waals surface area contributed by atoms with Gasteiger partial charge < -0.3 is 19.7 Å². The van der Waals surface area contributed by atoms with Gasteiger partial charge in [0.15, 0.2) is 6.61 Å². The van der Waals surface area contributed by atoms with E-state index in [0.717, 1.165) is 12.8 Å². The quantitative estimate of drug-likeness (QED) is 0.636. The Kier molecular flexibility index (Phi) is 8.26. The number of benzene rings is 2. The largest absolute Gasteiger partial charge is 0.482 e. The molecule has 0 radical (unpaired) electrons. The first-order valence-corrected chi connectivity index (χ1v) is 10.6. The molecule has 1 heterocycles. The van der Waals surface area contributed by atoms with Gasteiger partial charge in [-0.25, -0.2) is 4.39 Å². The Morgan fingerprint density at radius 3 is 2.68 bits per heavy atom. The molecule has 1 aliphatic rings. The number of carbonyl (C=O) groups is 2. The van der Waals surface area contributed by atoms with E-state index in [4.69, 9.17) is 21.1 Å². The summed E-state index contributed by atoms with van der Waals surface area (Å²) in [5.41, 5.74) is 0.700. The van der Waals surface area contributed by atoms with Gasteiger partial charge >= 0.3 is 0 Å². The van der Waals surface area contributed by atoms with Crippen LogP contribution < -0.4 is 10.1 Å². The van der Waals surface area contributed by atoms with E-state index in [-0.39, 0.29) is 36.9 Å².